The maximum atomic E-state index is 14.2. The molecule has 1 amide bonds. The molecule has 2 heterocycles. The van der Waals surface area contributed by atoms with E-state index in [9.17, 15) is 19.1 Å². The van der Waals surface area contributed by atoms with E-state index >= 15 is 0 Å². The van der Waals surface area contributed by atoms with Crippen LogP contribution < -0.4 is 20.5 Å². The van der Waals surface area contributed by atoms with Gasteiger partial charge in [0.25, 0.3) is 5.91 Å². The van der Waals surface area contributed by atoms with Crippen LogP contribution in [0.15, 0.2) is 84.2 Å². The lowest BCUT2D eigenvalue weighted by atomic mass is 9.87. The lowest BCUT2D eigenvalue weighted by Gasteiger charge is -2.23. The predicted octanol–water partition coefficient (Wildman–Crippen LogP) is 7.02. The Morgan fingerprint density at radius 1 is 0.953 bits per heavy atom. The van der Waals surface area contributed by atoms with E-state index in [4.69, 9.17) is 20.6 Å². The van der Waals surface area contributed by atoms with Crippen molar-refractivity contribution in [2.24, 2.45) is 5.73 Å². The van der Waals surface area contributed by atoms with Gasteiger partial charge in [0.05, 0.1) is 12.7 Å². The average molecular weight is 594 g/mol. The monoisotopic (exact) mass is 593 g/mol. The minimum atomic E-state index is -1.21. The number of hydrogen-bond donors (Lipinski definition) is 4. The van der Waals surface area contributed by atoms with Gasteiger partial charge in [-0.1, -0.05) is 6.07 Å². The predicted molar refractivity (Wildman–Crippen MR) is 164 cm³/mol. The van der Waals surface area contributed by atoms with Gasteiger partial charge in [0.2, 0.25) is 0 Å². The van der Waals surface area contributed by atoms with Crippen molar-refractivity contribution in [3.05, 3.63) is 112 Å². The smallest absolute Gasteiger partial charge is 0.336 e. The standard InChI is InChI=1S/C33H24FN3O5S/c1-41-29-15-23(22-11-18-16-42-28-9-6-19(34)12-24(28)21(18)13-26(22)33(39)40)25(14-27(29)30-3-2-10-43-30)32(38)37-20-7-4-17(5-8-20)31(35)36/h2-15H,16H2,1H3,(H3,35,36)(H,37,38)(H,39,40). The van der Waals surface area contributed by atoms with E-state index in [-0.39, 0.29) is 29.1 Å². The van der Waals surface area contributed by atoms with E-state index in [0.717, 1.165) is 4.88 Å². The molecule has 10 heteroatoms. The molecule has 0 bridgehead atoms. The summed E-state index contributed by atoms with van der Waals surface area (Å²) in [6.45, 7) is 0.134. The second-order valence-corrected chi connectivity index (χ2v) is 10.8. The van der Waals surface area contributed by atoms with Crippen molar-refractivity contribution >= 4 is 34.7 Å². The molecule has 4 aromatic carbocycles. The number of halogens is 1. The number of carbonyl (C=O) groups is 2. The van der Waals surface area contributed by atoms with E-state index in [1.165, 1.54) is 42.7 Å². The average Bonchev–Trinajstić information content (AvgIpc) is 3.55. The Kier molecular flexibility index (Phi) is 7.12. The number of methoxy groups -OCH3 is 1. The molecular formula is C33H24FN3O5S. The normalized spacial score (nSPS) is 11.6. The van der Waals surface area contributed by atoms with Gasteiger partial charge in [0, 0.05) is 32.8 Å². The molecule has 0 aliphatic carbocycles. The molecule has 0 spiro atoms. The third-order valence-electron chi connectivity index (χ3n) is 7.20. The minimum absolute atomic E-state index is 0.0679. The molecule has 0 saturated heterocycles. The van der Waals surface area contributed by atoms with Gasteiger partial charge in [-0.3, -0.25) is 10.2 Å². The Balaban J connectivity index is 1.54. The summed E-state index contributed by atoms with van der Waals surface area (Å²) >= 11 is 1.47. The molecule has 214 valence electrons. The SMILES string of the molecule is COc1cc(-c2cc3c(cc2C(=O)O)-c2cc(F)ccc2OC3)c(C(=O)Nc2ccc(C(=N)N)cc2)cc1-c1cccs1. The molecule has 8 nitrogen and oxygen atoms in total. The van der Waals surface area contributed by atoms with Gasteiger partial charge in [0.15, 0.2) is 0 Å². The highest BCUT2D eigenvalue weighted by molar-refractivity contribution is 7.13. The van der Waals surface area contributed by atoms with Crippen LogP contribution >= 0.6 is 11.3 Å². The van der Waals surface area contributed by atoms with Gasteiger partial charge in [-0.25, -0.2) is 9.18 Å². The molecule has 0 radical (unpaired) electrons. The molecule has 1 aliphatic heterocycles. The first-order chi connectivity index (χ1) is 20.7. The van der Waals surface area contributed by atoms with Gasteiger partial charge in [-0.2, -0.15) is 0 Å². The Morgan fingerprint density at radius 2 is 1.70 bits per heavy atom. The minimum Gasteiger partial charge on any atom is -0.496 e. The summed E-state index contributed by atoms with van der Waals surface area (Å²) in [4.78, 5) is 27.4. The fourth-order valence-corrected chi connectivity index (χ4v) is 5.87. The van der Waals surface area contributed by atoms with Crippen molar-refractivity contribution in [1.29, 1.82) is 5.41 Å². The second-order valence-electron chi connectivity index (χ2n) is 9.81. The number of anilines is 1. The summed E-state index contributed by atoms with van der Waals surface area (Å²) in [5.41, 5.74) is 9.60. The number of carboxylic acids is 1. The van der Waals surface area contributed by atoms with E-state index in [1.54, 1.807) is 42.5 Å². The maximum Gasteiger partial charge on any atom is 0.336 e. The van der Waals surface area contributed by atoms with Crippen molar-refractivity contribution in [2.75, 3.05) is 12.4 Å². The number of benzene rings is 4. The Hall–Kier alpha value is -5.48. The van der Waals surface area contributed by atoms with Crippen LogP contribution in [0.3, 0.4) is 0 Å². The van der Waals surface area contributed by atoms with Gasteiger partial charge in [-0.05, 0) is 100 Å². The summed E-state index contributed by atoms with van der Waals surface area (Å²) in [5.74, 6) is -1.36. The van der Waals surface area contributed by atoms with Crippen molar-refractivity contribution in [1.82, 2.24) is 0 Å². The highest BCUT2D eigenvalue weighted by Gasteiger charge is 2.27. The van der Waals surface area contributed by atoms with Crippen molar-refractivity contribution in [2.45, 2.75) is 6.61 Å². The molecule has 1 aromatic heterocycles. The largest absolute Gasteiger partial charge is 0.496 e. The molecule has 0 atom stereocenters. The number of thiophene rings is 1. The van der Waals surface area contributed by atoms with E-state index in [2.05, 4.69) is 5.32 Å². The highest BCUT2D eigenvalue weighted by Crippen LogP contribution is 2.44. The van der Waals surface area contributed by atoms with Crippen molar-refractivity contribution in [3.8, 4) is 44.2 Å². The van der Waals surface area contributed by atoms with Gasteiger partial charge < -0.3 is 25.6 Å². The Morgan fingerprint density at radius 3 is 2.37 bits per heavy atom. The number of fused-ring (bicyclic) bond motifs is 3. The number of aromatic carboxylic acids is 1. The molecule has 0 fully saturated rings. The third-order valence-corrected chi connectivity index (χ3v) is 8.11. The number of nitrogen functional groups attached to an aromatic ring is 1. The van der Waals surface area contributed by atoms with Crippen LogP contribution in [0.2, 0.25) is 0 Å². The van der Waals surface area contributed by atoms with Crippen LogP contribution in [0, 0.1) is 11.2 Å². The van der Waals surface area contributed by atoms with E-state index in [1.807, 2.05) is 17.5 Å². The molecule has 43 heavy (non-hydrogen) atoms. The number of rotatable bonds is 7. The zero-order valence-corrected chi connectivity index (χ0v) is 23.6. The lowest BCUT2D eigenvalue weighted by molar-refractivity contribution is 0.0697. The van der Waals surface area contributed by atoms with Crippen LogP contribution in [-0.2, 0) is 6.61 Å². The zero-order chi connectivity index (χ0) is 30.2. The Bertz CT molecular complexity index is 1920. The van der Waals surface area contributed by atoms with Crippen LogP contribution in [0.4, 0.5) is 10.1 Å². The summed E-state index contributed by atoms with van der Waals surface area (Å²) in [6.07, 6.45) is 0. The van der Waals surface area contributed by atoms with Gasteiger partial charge >= 0.3 is 5.97 Å². The first-order valence-corrected chi connectivity index (χ1v) is 14.0. The number of ether oxygens (including phenoxy) is 2. The summed E-state index contributed by atoms with van der Waals surface area (Å²) in [7, 11) is 1.51. The Labute approximate surface area is 249 Å². The maximum absolute atomic E-state index is 14.2. The van der Waals surface area contributed by atoms with E-state index < -0.39 is 17.7 Å². The number of carboxylic acid groups (broad SMARTS) is 1. The molecule has 6 rings (SSSR count). The number of amides is 1. The number of nitrogens with one attached hydrogen (secondary N) is 2. The van der Waals surface area contributed by atoms with Gasteiger partial charge in [-0.15, -0.1) is 11.3 Å². The molecule has 5 aromatic rings. The fraction of sp³-hybridized carbons (Fsp3) is 0.0606. The molecule has 5 N–H and O–H groups in total. The number of amidine groups is 1. The van der Waals surface area contributed by atoms with Crippen molar-refractivity contribution in [3.63, 3.8) is 0 Å². The highest BCUT2D eigenvalue weighted by atomic mass is 32.1. The summed E-state index contributed by atoms with van der Waals surface area (Å²) in [6, 6.07) is 20.9. The molecule has 0 unspecified atom stereocenters. The van der Waals surface area contributed by atoms with E-state index in [0.29, 0.717) is 50.6 Å². The number of hydrogen-bond acceptors (Lipinski definition) is 6. The third kappa shape index (κ3) is 5.20. The zero-order valence-electron chi connectivity index (χ0n) is 22.7. The summed E-state index contributed by atoms with van der Waals surface area (Å²) < 4.78 is 25.7. The van der Waals surface area contributed by atoms with Crippen LogP contribution in [0.25, 0.3) is 32.7 Å². The molecule has 0 saturated carbocycles. The number of carbonyl (C=O) groups excluding carboxylic acids is 1. The second kappa shape index (κ2) is 11.1. The molecule has 1 aliphatic rings. The van der Waals surface area contributed by atoms with Crippen LogP contribution in [0.5, 0.6) is 11.5 Å². The topological polar surface area (TPSA) is 135 Å². The fourth-order valence-electron chi connectivity index (χ4n) is 5.12. The van der Waals surface area contributed by atoms with Crippen molar-refractivity contribution < 1.29 is 28.6 Å². The number of nitrogens with two attached hydrogens (primary N) is 1. The first-order valence-electron chi connectivity index (χ1n) is 13.1. The lowest BCUT2D eigenvalue weighted by Crippen LogP contribution is -2.16. The van der Waals surface area contributed by atoms with Crippen LogP contribution in [-0.4, -0.2) is 29.9 Å². The quantitative estimate of drug-likeness (QED) is 0.118. The van der Waals surface area contributed by atoms with Crippen LogP contribution in [0.1, 0.15) is 31.8 Å². The van der Waals surface area contributed by atoms with Gasteiger partial charge in [0.1, 0.15) is 29.8 Å². The first kappa shape index (κ1) is 27.7. The molecular weight excluding hydrogens is 569 g/mol. The summed E-state index contributed by atoms with van der Waals surface area (Å²) in [5, 5.41) is 22.7.